The molecule has 50 heavy (non-hydrogen) atoms. The monoisotopic (exact) mass is 691 g/mol. The highest BCUT2D eigenvalue weighted by molar-refractivity contribution is 5.75. The number of allylic oxidation sites excluding steroid dienone is 5. The largest absolute Gasteiger partial charge is 0.481 e. The van der Waals surface area contributed by atoms with Crippen LogP contribution >= 0.6 is 0 Å². The Morgan fingerprint density at radius 2 is 1.72 bits per heavy atom. The van der Waals surface area contributed by atoms with Gasteiger partial charge in [0, 0.05) is 24.7 Å². The van der Waals surface area contributed by atoms with Crippen LogP contribution in [0.4, 0.5) is 4.39 Å². The normalized spacial score (nSPS) is 47.2. The summed E-state index contributed by atoms with van der Waals surface area (Å²) in [5.74, 6) is 2.37. The molecule has 7 aliphatic rings. The molecule has 11 atom stereocenters. The van der Waals surface area contributed by atoms with Gasteiger partial charge in [0.25, 0.3) is 0 Å². The number of carboxylic acids is 1. The van der Waals surface area contributed by atoms with Crippen molar-refractivity contribution in [1.29, 1.82) is 0 Å². The molecule has 280 valence electrons. The molecule has 0 radical (unpaired) electrons. The van der Waals surface area contributed by atoms with Gasteiger partial charge in [-0.25, -0.2) is 4.39 Å². The van der Waals surface area contributed by atoms with Gasteiger partial charge in [0.2, 0.25) is 0 Å². The van der Waals surface area contributed by atoms with Crippen LogP contribution in [0.1, 0.15) is 145 Å². The minimum absolute atomic E-state index is 0.0187. The summed E-state index contributed by atoms with van der Waals surface area (Å²) in [6.45, 7) is 25.3. The van der Waals surface area contributed by atoms with Gasteiger partial charge < -0.3 is 10.4 Å². The average Bonchev–Trinajstić information content (AvgIpc) is 3.46. The van der Waals surface area contributed by atoms with Crippen LogP contribution in [0, 0.1) is 56.7 Å². The first-order valence-corrected chi connectivity index (χ1v) is 20.9. The van der Waals surface area contributed by atoms with Crippen LogP contribution in [0.25, 0.3) is 0 Å². The minimum Gasteiger partial charge on any atom is -0.481 e. The van der Waals surface area contributed by atoms with Gasteiger partial charge in [-0.15, -0.1) is 0 Å². The molecule has 0 spiro atoms. The summed E-state index contributed by atoms with van der Waals surface area (Å²) < 4.78 is 14.0. The maximum absolute atomic E-state index is 14.0. The summed E-state index contributed by atoms with van der Waals surface area (Å²) >= 11 is 0. The third kappa shape index (κ3) is 5.33. The number of nitrogens with zero attached hydrogens (tertiary/aromatic N) is 1. The number of nitrogens with one attached hydrogen (secondary N) is 1. The lowest BCUT2D eigenvalue weighted by atomic mass is 9.33. The lowest BCUT2D eigenvalue weighted by Crippen LogP contribution is -2.68. The fourth-order valence-electron chi connectivity index (χ4n) is 15.1. The van der Waals surface area contributed by atoms with Crippen molar-refractivity contribution in [3.63, 3.8) is 0 Å². The summed E-state index contributed by atoms with van der Waals surface area (Å²) in [6.07, 6.45) is 21.8. The predicted octanol–water partition coefficient (Wildman–Crippen LogP) is 10.5. The van der Waals surface area contributed by atoms with E-state index in [1.165, 1.54) is 100 Å². The second kappa shape index (κ2) is 12.8. The van der Waals surface area contributed by atoms with Crippen molar-refractivity contribution in [2.24, 2.45) is 56.7 Å². The van der Waals surface area contributed by atoms with E-state index in [9.17, 15) is 14.3 Å². The number of likely N-dealkylation sites (tertiary alicyclic amines) is 1. The number of piperidine rings is 1. The molecule has 1 heterocycles. The molecule has 6 aliphatic carbocycles. The van der Waals surface area contributed by atoms with Crippen LogP contribution in [-0.2, 0) is 4.79 Å². The molecule has 0 aromatic rings. The molecule has 1 aliphatic heterocycles. The van der Waals surface area contributed by atoms with E-state index in [1.807, 2.05) is 0 Å². The molecular formula is C45H71FN2O2. The van der Waals surface area contributed by atoms with Crippen molar-refractivity contribution in [2.75, 3.05) is 26.3 Å². The maximum atomic E-state index is 14.0. The molecule has 0 amide bonds. The summed E-state index contributed by atoms with van der Waals surface area (Å²) in [5, 5.41) is 14.2. The fourth-order valence-corrected chi connectivity index (χ4v) is 15.1. The van der Waals surface area contributed by atoms with E-state index in [1.54, 1.807) is 0 Å². The summed E-state index contributed by atoms with van der Waals surface area (Å²) in [6, 6.07) is 0.722. The minimum atomic E-state index is -1.24. The van der Waals surface area contributed by atoms with Crippen LogP contribution in [0.15, 0.2) is 35.5 Å². The van der Waals surface area contributed by atoms with Gasteiger partial charge in [0.1, 0.15) is 6.67 Å². The van der Waals surface area contributed by atoms with Gasteiger partial charge in [-0.05, 0) is 173 Å². The zero-order valence-electron chi connectivity index (χ0n) is 32.9. The second-order valence-electron chi connectivity index (χ2n) is 20.3. The molecule has 5 heteroatoms. The highest BCUT2D eigenvalue weighted by Crippen LogP contribution is 2.76. The molecule has 4 saturated carbocycles. The number of fused-ring (bicyclic) bond motifs is 7. The highest BCUT2D eigenvalue weighted by Gasteiger charge is 2.70. The predicted molar refractivity (Wildman–Crippen MR) is 204 cm³/mol. The van der Waals surface area contributed by atoms with Crippen molar-refractivity contribution in [2.45, 2.75) is 156 Å². The number of hydrogen-bond donors (Lipinski definition) is 2. The van der Waals surface area contributed by atoms with Gasteiger partial charge in [-0.1, -0.05) is 65.3 Å². The van der Waals surface area contributed by atoms with Crippen molar-refractivity contribution in [3.05, 3.63) is 35.5 Å². The quantitative estimate of drug-likeness (QED) is 0.249. The van der Waals surface area contributed by atoms with E-state index in [0.717, 1.165) is 24.9 Å². The zero-order valence-corrected chi connectivity index (χ0v) is 32.9. The van der Waals surface area contributed by atoms with Gasteiger partial charge in [0.15, 0.2) is 0 Å². The van der Waals surface area contributed by atoms with Crippen LogP contribution in [0.5, 0.6) is 0 Å². The van der Waals surface area contributed by atoms with Crippen LogP contribution in [0.3, 0.4) is 0 Å². The zero-order chi connectivity index (χ0) is 35.9. The van der Waals surface area contributed by atoms with Crippen LogP contribution in [0.2, 0.25) is 0 Å². The van der Waals surface area contributed by atoms with Crippen molar-refractivity contribution in [3.8, 4) is 0 Å². The number of rotatable bonds is 8. The van der Waals surface area contributed by atoms with Crippen LogP contribution < -0.4 is 5.32 Å². The first-order valence-electron chi connectivity index (χ1n) is 20.9. The Labute approximate surface area is 304 Å². The third-order valence-corrected chi connectivity index (χ3v) is 18.1. The van der Waals surface area contributed by atoms with Gasteiger partial charge in [0.05, 0.1) is 5.41 Å². The second-order valence-corrected chi connectivity index (χ2v) is 20.3. The standard InChI is InChI=1S/C45H71FN2O2/c1-30(2)33-16-23-45(47-26-28-48-27-10-9-11-31(48)3)25-24-42(7)35(38(33)45)12-13-37-41(6)19-17-34(40(4,5)36(41)18-20-43(37,42)8)32-14-21-44(29-46,22-15-32)39(49)50/h14,17,31,33,35-38,47H,1,9-13,15-16,18-29H2,2-8H3,(H,49,50)/t31?,33-,35+,36-,37+,38+,41-,42+,43+,44+,45-/m0/s1. The smallest absolute Gasteiger partial charge is 0.312 e. The molecular weight excluding hydrogens is 620 g/mol. The fraction of sp³-hybridized carbons (Fsp3) is 0.844. The Morgan fingerprint density at radius 3 is 2.38 bits per heavy atom. The van der Waals surface area contributed by atoms with Gasteiger partial charge >= 0.3 is 5.97 Å². The summed E-state index contributed by atoms with van der Waals surface area (Å²) in [5.41, 5.74) is 4.08. The first kappa shape index (κ1) is 36.9. The molecule has 1 saturated heterocycles. The van der Waals surface area contributed by atoms with Crippen molar-refractivity contribution in [1.82, 2.24) is 10.2 Å². The van der Waals surface area contributed by atoms with E-state index < -0.39 is 18.1 Å². The molecule has 7 rings (SSSR count). The van der Waals surface area contributed by atoms with E-state index in [2.05, 4.69) is 77.4 Å². The van der Waals surface area contributed by atoms with E-state index in [-0.39, 0.29) is 16.4 Å². The topological polar surface area (TPSA) is 52.6 Å². The van der Waals surface area contributed by atoms with Gasteiger partial charge in [-0.3, -0.25) is 9.69 Å². The third-order valence-electron chi connectivity index (χ3n) is 18.1. The number of aliphatic carboxylic acids is 1. The molecule has 0 aromatic heterocycles. The SMILES string of the molecule is C=C(C)[C@@H]1CC[C@]2(NCCN3CCCCC3C)CC[C@]3(C)[C@H](CC[C@@H]4[C@@]5(C)CC=C(C6=CC[C@@](CF)(C(=O)O)CC6)C(C)(C)[C@@H]5CC[C@]43C)[C@@H]12. The number of carboxylic acid groups (broad SMARTS) is 1. The van der Waals surface area contributed by atoms with Crippen LogP contribution in [-0.4, -0.2) is 53.9 Å². The van der Waals surface area contributed by atoms with Crippen molar-refractivity contribution >= 4 is 5.97 Å². The Morgan fingerprint density at radius 1 is 0.940 bits per heavy atom. The molecule has 0 bridgehead atoms. The Kier molecular flexibility index (Phi) is 9.47. The molecule has 5 fully saturated rings. The summed E-state index contributed by atoms with van der Waals surface area (Å²) in [4.78, 5) is 14.7. The van der Waals surface area contributed by atoms with E-state index in [4.69, 9.17) is 0 Å². The Hall–Kier alpha value is -1.46. The average molecular weight is 691 g/mol. The molecule has 2 N–H and O–H groups in total. The van der Waals surface area contributed by atoms with Crippen molar-refractivity contribution < 1.29 is 14.3 Å². The Balaban J connectivity index is 1.15. The lowest BCUT2D eigenvalue weighted by molar-refractivity contribution is -0.221. The molecule has 1 unspecified atom stereocenters. The van der Waals surface area contributed by atoms with Gasteiger partial charge in [-0.2, -0.15) is 0 Å². The number of halogens is 1. The molecule has 0 aromatic carbocycles. The van der Waals surface area contributed by atoms with E-state index >= 15 is 0 Å². The first-order chi connectivity index (χ1) is 23.6. The number of carbonyl (C=O) groups is 1. The molecule has 4 nitrogen and oxygen atoms in total. The van der Waals surface area contributed by atoms with E-state index in [0.29, 0.717) is 53.8 Å². The lowest BCUT2D eigenvalue weighted by Gasteiger charge is -2.72. The number of alkyl halides is 1. The maximum Gasteiger partial charge on any atom is 0.312 e. The summed E-state index contributed by atoms with van der Waals surface area (Å²) in [7, 11) is 0. The number of hydrogen-bond acceptors (Lipinski definition) is 3. The Bertz CT molecular complexity index is 1420. The highest BCUT2D eigenvalue weighted by atomic mass is 19.1.